The molecule has 0 spiro atoms. The van der Waals surface area contributed by atoms with Crippen LogP contribution in [0, 0.1) is 6.92 Å². The van der Waals surface area contributed by atoms with Crippen molar-refractivity contribution in [1.82, 2.24) is 9.88 Å². The van der Waals surface area contributed by atoms with Gasteiger partial charge in [-0.1, -0.05) is 0 Å². The Kier molecular flexibility index (Phi) is 4.97. The van der Waals surface area contributed by atoms with Crippen molar-refractivity contribution in [3.8, 4) is 23.0 Å². The second kappa shape index (κ2) is 7.35. The monoisotopic (exact) mass is 356 g/mol. The van der Waals surface area contributed by atoms with Crippen LogP contribution >= 0.6 is 0 Å². The molecule has 0 unspecified atom stereocenters. The number of aryl methyl sites for hydroxylation is 1. The quantitative estimate of drug-likeness (QED) is 0.672. The largest absolute Gasteiger partial charge is 0.493 e. The van der Waals surface area contributed by atoms with Crippen LogP contribution < -0.4 is 9.47 Å². The van der Waals surface area contributed by atoms with Crippen molar-refractivity contribution in [1.29, 1.82) is 0 Å². The van der Waals surface area contributed by atoms with E-state index in [1.54, 1.807) is 38.3 Å². The van der Waals surface area contributed by atoms with Crippen LogP contribution in [0.3, 0.4) is 0 Å². The molecule has 7 nitrogen and oxygen atoms in total. The van der Waals surface area contributed by atoms with Crippen molar-refractivity contribution in [3.63, 3.8) is 0 Å². The van der Waals surface area contributed by atoms with E-state index in [2.05, 4.69) is 4.98 Å². The van der Waals surface area contributed by atoms with Gasteiger partial charge in [-0.2, -0.15) is 0 Å². The molecule has 0 bridgehead atoms. The maximum Gasteiger partial charge on any atom is 0.276 e. The third-order valence-corrected chi connectivity index (χ3v) is 4.11. The zero-order chi connectivity index (χ0) is 18.7. The highest BCUT2D eigenvalue weighted by atomic mass is 16.5. The Bertz CT molecular complexity index is 899. The molecule has 3 aromatic rings. The van der Waals surface area contributed by atoms with Crippen LogP contribution in [0.2, 0.25) is 0 Å². The van der Waals surface area contributed by atoms with Gasteiger partial charge in [0.25, 0.3) is 5.91 Å². The average molecular weight is 356 g/mol. The predicted octanol–water partition coefficient (Wildman–Crippen LogP) is 3.53. The van der Waals surface area contributed by atoms with Crippen LogP contribution in [0.25, 0.3) is 11.5 Å². The Morgan fingerprint density at radius 2 is 1.92 bits per heavy atom. The van der Waals surface area contributed by atoms with Gasteiger partial charge in [-0.15, -0.1) is 0 Å². The molecule has 1 aromatic carbocycles. The maximum absolute atomic E-state index is 12.8. The maximum atomic E-state index is 12.8. The Balaban J connectivity index is 1.84. The highest BCUT2D eigenvalue weighted by molar-refractivity contribution is 5.96. The van der Waals surface area contributed by atoms with E-state index in [0.29, 0.717) is 29.6 Å². The van der Waals surface area contributed by atoms with Crippen molar-refractivity contribution in [2.45, 2.75) is 13.5 Å². The molecule has 0 aliphatic heterocycles. The number of methoxy groups -OCH3 is 2. The lowest BCUT2D eigenvalue weighted by Gasteiger charge is -2.19. The number of oxazole rings is 1. The summed E-state index contributed by atoms with van der Waals surface area (Å²) in [5, 5.41) is 0. The summed E-state index contributed by atoms with van der Waals surface area (Å²) in [7, 11) is 4.88. The van der Waals surface area contributed by atoms with Gasteiger partial charge in [-0.05, 0) is 42.3 Å². The van der Waals surface area contributed by atoms with Gasteiger partial charge >= 0.3 is 0 Å². The van der Waals surface area contributed by atoms with Gasteiger partial charge in [0.05, 0.1) is 20.5 Å². The van der Waals surface area contributed by atoms with Gasteiger partial charge in [0.2, 0.25) is 5.76 Å². The van der Waals surface area contributed by atoms with E-state index in [1.807, 2.05) is 19.1 Å². The third-order valence-electron chi connectivity index (χ3n) is 4.11. The topological polar surface area (TPSA) is 77.9 Å². The van der Waals surface area contributed by atoms with Crippen LogP contribution in [0.15, 0.2) is 45.8 Å². The number of nitrogens with zero attached hydrogens (tertiary/aromatic N) is 2. The Morgan fingerprint density at radius 1 is 1.19 bits per heavy atom. The molecule has 3 rings (SSSR count). The van der Waals surface area contributed by atoms with E-state index < -0.39 is 0 Å². The van der Waals surface area contributed by atoms with Crippen molar-refractivity contribution in [2.24, 2.45) is 0 Å². The highest BCUT2D eigenvalue weighted by Crippen LogP contribution is 2.31. The summed E-state index contributed by atoms with van der Waals surface area (Å²) in [5.74, 6) is 1.78. The molecule has 0 saturated heterocycles. The second-order valence-corrected chi connectivity index (χ2v) is 5.80. The number of hydrogen-bond donors (Lipinski definition) is 0. The normalized spacial score (nSPS) is 10.6. The van der Waals surface area contributed by atoms with Gasteiger partial charge in [0, 0.05) is 13.6 Å². The minimum Gasteiger partial charge on any atom is -0.493 e. The second-order valence-electron chi connectivity index (χ2n) is 5.80. The number of carbonyl (C=O) groups is 1. The summed E-state index contributed by atoms with van der Waals surface area (Å²) in [4.78, 5) is 18.4. The minimum absolute atomic E-state index is 0.209. The van der Waals surface area contributed by atoms with Crippen LogP contribution in [0.4, 0.5) is 0 Å². The fraction of sp³-hybridized carbons (Fsp3) is 0.263. The fourth-order valence-electron chi connectivity index (χ4n) is 2.68. The molecule has 2 heterocycles. The predicted molar refractivity (Wildman–Crippen MR) is 94.3 cm³/mol. The van der Waals surface area contributed by atoms with Crippen LogP contribution in [-0.2, 0) is 6.54 Å². The number of amides is 1. The number of rotatable bonds is 6. The molecule has 0 saturated carbocycles. The molecule has 2 aromatic heterocycles. The van der Waals surface area contributed by atoms with E-state index in [9.17, 15) is 4.79 Å². The molecule has 7 heteroatoms. The van der Waals surface area contributed by atoms with Crippen LogP contribution in [0.5, 0.6) is 11.5 Å². The number of hydrogen-bond acceptors (Lipinski definition) is 6. The van der Waals surface area contributed by atoms with E-state index >= 15 is 0 Å². The standard InChI is InChI=1S/C19H20N2O5/c1-12-8-15(23-3)16(24-4)9-13(12)10-21(2)19(22)17-18(26-11-20-17)14-6-5-7-25-14/h5-9,11H,10H2,1-4H3. The van der Waals surface area contributed by atoms with Crippen LogP contribution in [0.1, 0.15) is 21.6 Å². The lowest BCUT2D eigenvalue weighted by Crippen LogP contribution is -2.27. The molecule has 0 atom stereocenters. The molecule has 0 N–H and O–H groups in total. The third kappa shape index (κ3) is 3.28. The zero-order valence-corrected chi connectivity index (χ0v) is 15.1. The molecule has 136 valence electrons. The van der Waals surface area contributed by atoms with Gasteiger partial charge in [0.15, 0.2) is 29.3 Å². The number of furan rings is 1. The molecule has 0 aliphatic carbocycles. The van der Waals surface area contributed by atoms with Crippen molar-refractivity contribution in [2.75, 3.05) is 21.3 Å². The summed E-state index contributed by atoms with van der Waals surface area (Å²) in [6, 6.07) is 7.20. The summed E-state index contributed by atoms with van der Waals surface area (Å²) in [5.41, 5.74) is 2.15. The Morgan fingerprint density at radius 3 is 2.58 bits per heavy atom. The average Bonchev–Trinajstić information content (AvgIpc) is 3.33. The zero-order valence-electron chi connectivity index (χ0n) is 15.1. The number of ether oxygens (including phenoxy) is 2. The minimum atomic E-state index is -0.265. The summed E-state index contributed by atoms with van der Waals surface area (Å²) < 4.78 is 21.3. The van der Waals surface area contributed by atoms with Gasteiger partial charge < -0.3 is 23.2 Å². The van der Waals surface area contributed by atoms with E-state index in [1.165, 1.54) is 12.7 Å². The molecule has 0 fully saturated rings. The van der Waals surface area contributed by atoms with E-state index in [4.69, 9.17) is 18.3 Å². The summed E-state index contributed by atoms with van der Waals surface area (Å²) >= 11 is 0. The summed E-state index contributed by atoms with van der Waals surface area (Å²) in [6.07, 6.45) is 2.75. The molecular weight excluding hydrogens is 336 g/mol. The first-order chi connectivity index (χ1) is 12.5. The number of carbonyl (C=O) groups excluding carboxylic acids is 1. The van der Waals surface area contributed by atoms with Crippen molar-refractivity contribution < 1.29 is 23.1 Å². The van der Waals surface area contributed by atoms with E-state index in [0.717, 1.165) is 11.1 Å². The first-order valence-corrected chi connectivity index (χ1v) is 7.99. The number of aromatic nitrogens is 1. The lowest BCUT2D eigenvalue weighted by atomic mass is 10.1. The lowest BCUT2D eigenvalue weighted by molar-refractivity contribution is 0.0779. The molecule has 0 radical (unpaired) electrons. The van der Waals surface area contributed by atoms with Gasteiger partial charge in [0.1, 0.15) is 0 Å². The molecule has 26 heavy (non-hydrogen) atoms. The Labute approximate surface area is 151 Å². The van der Waals surface area contributed by atoms with Gasteiger partial charge in [-0.3, -0.25) is 4.79 Å². The number of benzene rings is 1. The van der Waals surface area contributed by atoms with Crippen molar-refractivity contribution in [3.05, 3.63) is 53.7 Å². The first kappa shape index (κ1) is 17.6. The van der Waals surface area contributed by atoms with Crippen LogP contribution in [-0.4, -0.2) is 37.1 Å². The highest BCUT2D eigenvalue weighted by Gasteiger charge is 2.24. The summed E-state index contributed by atoms with van der Waals surface area (Å²) in [6.45, 7) is 2.34. The first-order valence-electron chi connectivity index (χ1n) is 7.99. The fourth-order valence-corrected chi connectivity index (χ4v) is 2.68. The molecule has 1 amide bonds. The molecular formula is C19H20N2O5. The van der Waals surface area contributed by atoms with Crippen molar-refractivity contribution >= 4 is 5.91 Å². The molecule has 0 aliphatic rings. The SMILES string of the molecule is COc1cc(C)c(CN(C)C(=O)c2ncoc2-c2ccco2)cc1OC. The Hall–Kier alpha value is -3.22. The smallest absolute Gasteiger partial charge is 0.276 e. The van der Waals surface area contributed by atoms with E-state index in [-0.39, 0.29) is 11.6 Å². The van der Waals surface area contributed by atoms with Gasteiger partial charge in [-0.25, -0.2) is 4.98 Å².